The van der Waals surface area contributed by atoms with E-state index in [1.807, 2.05) is 30.3 Å². The van der Waals surface area contributed by atoms with Gasteiger partial charge in [-0.1, -0.05) is 23.7 Å². The van der Waals surface area contributed by atoms with Gasteiger partial charge in [-0.15, -0.1) is 0 Å². The lowest BCUT2D eigenvalue weighted by Crippen LogP contribution is -2.34. The van der Waals surface area contributed by atoms with E-state index in [1.165, 1.54) is 5.56 Å². The molecule has 2 aliphatic heterocycles. The number of ether oxygens (including phenoxy) is 1. The van der Waals surface area contributed by atoms with Crippen LogP contribution in [0.5, 0.6) is 5.75 Å². The van der Waals surface area contributed by atoms with Gasteiger partial charge in [0.15, 0.2) is 0 Å². The molecular formula is C23H27ClN2O3. The highest BCUT2D eigenvalue weighted by Crippen LogP contribution is 2.30. The summed E-state index contributed by atoms with van der Waals surface area (Å²) in [6.07, 6.45) is 2.71. The number of nitrogens with zero attached hydrogens (tertiary/aromatic N) is 1. The van der Waals surface area contributed by atoms with Gasteiger partial charge < -0.3 is 15.2 Å². The molecule has 2 aliphatic rings. The van der Waals surface area contributed by atoms with Crippen LogP contribution >= 0.6 is 11.6 Å². The van der Waals surface area contributed by atoms with Crippen molar-refractivity contribution in [2.24, 2.45) is 11.8 Å². The lowest BCUT2D eigenvalue weighted by atomic mass is 9.96. The first-order valence-electron chi connectivity index (χ1n) is 10.2. The van der Waals surface area contributed by atoms with Crippen molar-refractivity contribution in [2.75, 3.05) is 31.6 Å². The molecule has 0 aromatic heterocycles. The van der Waals surface area contributed by atoms with Gasteiger partial charge in [-0.2, -0.15) is 0 Å². The fourth-order valence-electron chi connectivity index (χ4n) is 4.11. The third-order valence-corrected chi connectivity index (χ3v) is 6.10. The summed E-state index contributed by atoms with van der Waals surface area (Å²) >= 11 is 6.07. The van der Waals surface area contributed by atoms with Crippen LogP contribution in [0, 0.1) is 11.8 Å². The zero-order valence-electron chi connectivity index (χ0n) is 16.4. The Labute approximate surface area is 176 Å². The van der Waals surface area contributed by atoms with Crippen LogP contribution in [0.1, 0.15) is 24.0 Å². The molecule has 0 aliphatic carbocycles. The van der Waals surface area contributed by atoms with Gasteiger partial charge in [-0.25, -0.2) is 0 Å². The van der Waals surface area contributed by atoms with Gasteiger partial charge >= 0.3 is 0 Å². The zero-order chi connectivity index (χ0) is 20.2. The molecule has 0 spiro atoms. The van der Waals surface area contributed by atoms with E-state index in [4.69, 9.17) is 16.3 Å². The highest BCUT2D eigenvalue weighted by Gasteiger charge is 2.26. The lowest BCUT2D eigenvalue weighted by molar-refractivity contribution is -0.121. The number of benzene rings is 2. The van der Waals surface area contributed by atoms with Gasteiger partial charge in [-0.3, -0.25) is 9.69 Å². The summed E-state index contributed by atoms with van der Waals surface area (Å²) in [7, 11) is 0. The van der Waals surface area contributed by atoms with Crippen molar-refractivity contribution < 1.29 is 14.6 Å². The topological polar surface area (TPSA) is 61.8 Å². The Bertz CT molecular complexity index is 865. The first-order valence-corrected chi connectivity index (χ1v) is 10.6. The maximum absolute atomic E-state index is 12.8. The third-order valence-electron chi connectivity index (χ3n) is 5.87. The van der Waals surface area contributed by atoms with Crippen molar-refractivity contribution in [3.63, 3.8) is 0 Å². The molecule has 0 bridgehead atoms. The molecule has 4 rings (SSSR count). The van der Waals surface area contributed by atoms with Crippen LogP contribution in [0.4, 0.5) is 5.69 Å². The van der Waals surface area contributed by atoms with Crippen LogP contribution in [-0.2, 0) is 17.8 Å². The van der Waals surface area contributed by atoms with Crippen LogP contribution in [0.2, 0.25) is 5.02 Å². The number of anilines is 1. The molecule has 1 saturated heterocycles. The van der Waals surface area contributed by atoms with E-state index in [1.54, 1.807) is 6.07 Å². The first kappa shape index (κ1) is 20.2. The molecule has 1 unspecified atom stereocenters. The lowest BCUT2D eigenvalue weighted by Gasteiger charge is -2.31. The van der Waals surface area contributed by atoms with E-state index in [0.29, 0.717) is 24.0 Å². The second kappa shape index (κ2) is 9.16. The Hall–Kier alpha value is -2.08. The van der Waals surface area contributed by atoms with E-state index in [2.05, 4.69) is 16.3 Å². The van der Waals surface area contributed by atoms with Crippen molar-refractivity contribution in [2.45, 2.75) is 25.8 Å². The van der Waals surface area contributed by atoms with Crippen LogP contribution in [0.15, 0.2) is 42.5 Å². The molecule has 154 valence electrons. The van der Waals surface area contributed by atoms with Crippen molar-refractivity contribution in [3.05, 3.63) is 58.6 Å². The average molecular weight is 415 g/mol. The predicted molar refractivity (Wildman–Crippen MR) is 114 cm³/mol. The SMILES string of the molecule is O=C(Nc1cccc(CN2CCC(CO)CC2)c1)C1COc2ccc(Cl)cc2C1. The highest BCUT2D eigenvalue weighted by molar-refractivity contribution is 6.30. The molecular weight excluding hydrogens is 388 g/mol. The van der Waals surface area contributed by atoms with Gasteiger partial charge in [0.2, 0.25) is 5.91 Å². The van der Waals surface area contributed by atoms with E-state index >= 15 is 0 Å². The molecule has 2 N–H and O–H groups in total. The smallest absolute Gasteiger partial charge is 0.231 e. The molecule has 6 heteroatoms. The number of hydrogen-bond acceptors (Lipinski definition) is 4. The Morgan fingerprint density at radius 2 is 2.03 bits per heavy atom. The van der Waals surface area contributed by atoms with Crippen molar-refractivity contribution in [3.8, 4) is 5.75 Å². The van der Waals surface area contributed by atoms with Gasteiger partial charge in [0.05, 0.1) is 5.92 Å². The van der Waals surface area contributed by atoms with Gasteiger partial charge in [0.25, 0.3) is 0 Å². The van der Waals surface area contributed by atoms with Crippen LogP contribution < -0.4 is 10.1 Å². The van der Waals surface area contributed by atoms with E-state index < -0.39 is 0 Å². The molecule has 2 heterocycles. The normalized spacial score (nSPS) is 20.0. The number of halogens is 1. The Balaban J connectivity index is 1.35. The van der Waals surface area contributed by atoms with Crippen molar-refractivity contribution in [1.82, 2.24) is 4.90 Å². The zero-order valence-corrected chi connectivity index (χ0v) is 17.2. The summed E-state index contributed by atoms with van der Waals surface area (Å²) < 4.78 is 5.75. The maximum Gasteiger partial charge on any atom is 0.231 e. The quantitative estimate of drug-likeness (QED) is 0.782. The number of amides is 1. The van der Waals surface area contributed by atoms with Gasteiger partial charge in [0.1, 0.15) is 12.4 Å². The number of nitrogens with one attached hydrogen (secondary N) is 1. The minimum absolute atomic E-state index is 0.0310. The van der Waals surface area contributed by atoms with Gasteiger partial charge in [0, 0.05) is 23.9 Å². The van der Waals surface area contributed by atoms with Crippen molar-refractivity contribution in [1.29, 1.82) is 0 Å². The molecule has 2 aromatic rings. The Morgan fingerprint density at radius 1 is 1.21 bits per heavy atom. The standard InChI is InChI=1S/C23H27ClN2O3/c24-20-4-5-22-18(12-20)11-19(15-29-22)23(28)25-21-3-1-2-17(10-21)13-26-8-6-16(14-27)7-9-26/h1-5,10,12,16,19,27H,6-9,11,13-15H2,(H,25,28). The van der Waals surface area contributed by atoms with Gasteiger partial charge in [-0.05, 0) is 79.7 Å². The van der Waals surface area contributed by atoms with E-state index in [-0.39, 0.29) is 18.4 Å². The number of rotatable bonds is 5. The molecule has 0 saturated carbocycles. The molecule has 1 fully saturated rings. The van der Waals surface area contributed by atoms with Crippen LogP contribution in [0.25, 0.3) is 0 Å². The summed E-state index contributed by atoms with van der Waals surface area (Å²) in [5.74, 6) is 0.985. The van der Waals surface area contributed by atoms with E-state index in [9.17, 15) is 9.90 Å². The van der Waals surface area contributed by atoms with Crippen LogP contribution in [0.3, 0.4) is 0 Å². The molecule has 0 radical (unpaired) electrons. The fourth-order valence-corrected chi connectivity index (χ4v) is 4.30. The molecule has 29 heavy (non-hydrogen) atoms. The number of hydrogen-bond donors (Lipinski definition) is 2. The predicted octanol–water partition coefficient (Wildman–Crippen LogP) is 3.73. The summed E-state index contributed by atoms with van der Waals surface area (Å²) in [6, 6.07) is 13.6. The number of likely N-dealkylation sites (tertiary alicyclic amines) is 1. The van der Waals surface area contributed by atoms with Crippen molar-refractivity contribution >= 4 is 23.2 Å². The number of piperidine rings is 1. The Kier molecular flexibility index (Phi) is 6.38. The second-order valence-electron chi connectivity index (χ2n) is 8.06. The molecule has 5 nitrogen and oxygen atoms in total. The number of aliphatic hydroxyl groups is 1. The Morgan fingerprint density at radius 3 is 2.83 bits per heavy atom. The highest BCUT2D eigenvalue weighted by atomic mass is 35.5. The van der Waals surface area contributed by atoms with E-state index in [0.717, 1.165) is 49.5 Å². The minimum Gasteiger partial charge on any atom is -0.492 e. The monoisotopic (exact) mass is 414 g/mol. The number of aliphatic hydroxyl groups excluding tert-OH is 1. The largest absolute Gasteiger partial charge is 0.492 e. The number of carbonyl (C=O) groups excluding carboxylic acids is 1. The molecule has 1 atom stereocenters. The van der Waals surface area contributed by atoms with Crippen LogP contribution in [-0.4, -0.2) is 42.2 Å². The minimum atomic E-state index is -0.234. The second-order valence-corrected chi connectivity index (χ2v) is 8.49. The summed E-state index contributed by atoms with van der Waals surface area (Å²) in [6.45, 7) is 3.53. The molecule has 1 amide bonds. The third kappa shape index (κ3) is 5.10. The first-order chi connectivity index (χ1) is 14.1. The summed E-state index contributed by atoms with van der Waals surface area (Å²) in [5.41, 5.74) is 2.97. The number of carbonyl (C=O) groups is 1. The fraction of sp³-hybridized carbons (Fsp3) is 0.435. The number of fused-ring (bicyclic) bond motifs is 1. The summed E-state index contributed by atoms with van der Waals surface area (Å²) in [5, 5.41) is 13.0. The molecule has 2 aromatic carbocycles. The maximum atomic E-state index is 12.8. The summed E-state index contributed by atoms with van der Waals surface area (Å²) in [4.78, 5) is 15.2. The average Bonchev–Trinajstić information content (AvgIpc) is 2.74.